The molecule has 2 aromatic rings. The lowest BCUT2D eigenvalue weighted by molar-refractivity contribution is 0.0684. The molecule has 1 aliphatic heterocycles. The van der Waals surface area contributed by atoms with Crippen molar-refractivity contribution in [2.75, 3.05) is 18.4 Å². The van der Waals surface area contributed by atoms with Gasteiger partial charge in [-0.2, -0.15) is 0 Å². The normalized spacial score (nSPS) is 18.6. The molecule has 1 aliphatic carbocycles. The van der Waals surface area contributed by atoms with Gasteiger partial charge in [-0.1, -0.05) is 43.2 Å². The average Bonchev–Trinajstić information content (AvgIpc) is 3.22. The summed E-state index contributed by atoms with van der Waals surface area (Å²) >= 11 is 0. The van der Waals surface area contributed by atoms with Crippen molar-refractivity contribution in [2.45, 2.75) is 51.0 Å². The summed E-state index contributed by atoms with van der Waals surface area (Å²) in [7, 11) is 0. The van der Waals surface area contributed by atoms with Gasteiger partial charge in [-0.15, -0.1) is 0 Å². The first-order valence-corrected chi connectivity index (χ1v) is 10.2. The molecule has 0 bridgehead atoms. The van der Waals surface area contributed by atoms with Crippen molar-refractivity contribution in [3.8, 4) is 0 Å². The molecule has 142 valence electrons. The summed E-state index contributed by atoms with van der Waals surface area (Å²) in [5, 5.41) is 3.45. The molecule has 2 fully saturated rings. The highest BCUT2D eigenvalue weighted by Crippen LogP contribution is 2.24. The Kier molecular flexibility index (Phi) is 5.66. The summed E-state index contributed by atoms with van der Waals surface area (Å²) in [5.41, 5.74) is 1.90. The molecule has 5 heteroatoms. The van der Waals surface area contributed by atoms with Gasteiger partial charge in [-0.3, -0.25) is 4.79 Å². The SMILES string of the molecule is O=C(c1cc(NC2CCCC2)ncn1)N1CCC(Cc2ccccc2)CC1. The van der Waals surface area contributed by atoms with Gasteiger partial charge in [0.1, 0.15) is 17.8 Å². The number of hydrogen-bond acceptors (Lipinski definition) is 4. The molecule has 1 saturated heterocycles. The molecule has 0 spiro atoms. The fourth-order valence-electron chi connectivity index (χ4n) is 4.28. The van der Waals surface area contributed by atoms with Crippen LogP contribution in [0.1, 0.15) is 54.6 Å². The zero-order chi connectivity index (χ0) is 18.5. The minimum absolute atomic E-state index is 0.0324. The Hall–Kier alpha value is -2.43. The summed E-state index contributed by atoms with van der Waals surface area (Å²) in [6.07, 6.45) is 9.62. The number of nitrogens with one attached hydrogen (secondary N) is 1. The fraction of sp³-hybridized carbons (Fsp3) is 0.500. The second-order valence-electron chi connectivity index (χ2n) is 7.84. The van der Waals surface area contributed by atoms with Gasteiger partial charge in [0, 0.05) is 25.2 Å². The molecule has 0 radical (unpaired) electrons. The first-order chi connectivity index (χ1) is 13.3. The lowest BCUT2D eigenvalue weighted by Gasteiger charge is -2.32. The molecule has 0 unspecified atom stereocenters. The molecule has 0 atom stereocenters. The van der Waals surface area contributed by atoms with Crippen LogP contribution in [-0.2, 0) is 6.42 Å². The molecule has 1 aromatic carbocycles. The number of nitrogens with zero attached hydrogens (tertiary/aromatic N) is 3. The number of amides is 1. The molecule has 4 rings (SSSR count). The van der Waals surface area contributed by atoms with Crippen molar-refractivity contribution in [2.24, 2.45) is 5.92 Å². The predicted octanol–water partition coefficient (Wildman–Crippen LogP) is 3.93. The van der Waals surface area contributed by atoms with Gasteiger partial charge in [-0.25, -0.2) is 9.97 Å². The predicted molar refractivity (Wildman–Crippen MR) is 107 cm³/mol. The molecule has 1 saturated carbocycles. The average molecular weight is 364 g/mol. The second kappa shape index (κ2) is 8.51. The number of piperidine rings is 1. The summed E-state index contributed by atoms with van der Waals surface area (Å²) in [5.74, 6) is 1.46. The van der Waals surface area contributed by atoms with Crippen LogP contribution in [0.2, 0.25) is 0 Å². The van der Waals surface area contributed by atoms with Crippen LogP contribution >= 0.6 is 0 Å². The zero-order valence-corrected chi connectivity index (χ0v) is 15.8. The van der Waals surface area contributed by atoms with Gasteiger partial charge in [0.05, 0.1) is 0 Å². The molecule has 1 N–H and O–H groups in total. The van der Waals surface area contributed by atoms with Crippen molar-refractivity contribution in [3.63, 3.8) is 0 Å². The number of anilines is 1. The van der Waals surface area contributed by atoms with E-state index in [1.54, 1.807) is 0 Å². The van der Waals surface area contributed by atoms with Crippen LogP contribution in [0.15, 0.2) is 42.7 Å². The standard InChI is InChI=1S/C22H28N4O/c27-22(20-15-21(24-16-23-20)25-19-8-4-5-9-19)26-12-10-18(11-13-26)14-17-6-2-1-3-7-17/h1-3,6-7,15-16,18-19H,4-5,8-14H2,(H,23,24,25). The van der Waals surface area contributed by atoms with E-state index in [0.29, 0.717) is 17.7 Å². The van der Waals surface area contributed by atoms with Crippen LogP contribution in [0.25, 0.3) is 0 Å². The monoisotopic (exact) mass is 364 g/mol. The lowest BCUT2D eigenvalue weighted by Crippen LogP contribution is -2.39. The summed E-state index contributed by atoms with van der Waals surface area (Å²) in [6.45, 7) is 1.62. The van der Waals surface area contributed by atoms with E-state index in [1.807, 2.05) is 11.0 Å². The first-order valence-electron chi connectivity index (χ1n) is 10.2. The van der Waals surface area contributed by atoms with Gasteiger partial charge in [0.2, 0.25) is 0 Å². The Balaban J connectivity index is 1.32. The lowest BCUT2D eigenvalue weighted by atomic mass is 9.90. The van der Waals surface area contributed by atoms with Crippen molar-refractivity contribution in [1.29, 1.82) is 0 Å². The zero-order valence-electron chi connectivity index (χ0n) is 15.8. The Morgan fingerprint density at radius 2 is 1.78 bits per heavy atom. The second-order valence-corrected chi connectivity index (χ2v) is 7.84. The molecular formula is C22H28N4O. The Labute approximate surface area is 161 Å². The number of likely N-dealkylation sites (tertiary alicyclic amines) is 1. The van der Waals surface area contributed by atoms with Gasteiger partial charge in [0.15, 0.2) is 0 Å². The Bertz CT molecular complexity index is 750. The number of benzene rings is 1. The third-order valence-electron chi connectivity index (χ3n) is 5.86. The van der Waals surface area contributed by atoms with E-state index in [-0.39, 0.29) is 5.91 Å². The van der Waals surface area contributed by atoms with Crippen molar-refractivity contribution < 1.29 is 4.79 Å². The van der Waals surface area contributed by atoms with Gasteiger partial charge in [0.25, 0.3) is 5.91 Å². The minimum atomic E-state index is 0.0324. The topological polar surface area (TPSA) is 58.1 Å². The van der Waals surface area contributed by atoms with Crippen LogP contribution in [0.5, 0.6) is 0 Å². The number of rotatable bonds is 5. The van der Waals surface area contributed by atoms with Gasteiger partial charge in [-0.05, 0) is 43.6 Å². The highest BCUT2D eigenvalue weighted by molar-refractivity contribution is 5.93. The molecular weight excluding hydrogens is 336 g/mol. The van der Waals surface area contributed by atoms with E-state index >= 15 is 0 Å². The Morgan fingerprint density at radius 1 is 1.04 bits per heavy atom. The van der Waals surface area contributed by atoms with Crippen molar-refractivity contribution in [3.05, 3.63) is 54.0 Å². The van der Waals surface area contributed by atoms with Gasteiger partial charge >= 0.3 is 0 Å². The first kappa shape index (κ1) is 18.0. The number of carbonyl (C=O) groups excluding carboxylic acids is 1. The van der Waals surface area contributed by atoms with Crippen LogP contribution in [-0.4, -0.2) is 39.9 Å². The number of hydrogen-bond donors (Lipinski definition) is 1. The maximum atomic E-state index is 12.9. The number of aromatic nitrogens is 2. The largest absolute Gasteiger partial charge is 0.367 e. The number of carbonyl (C=O) groups is 1. The van der Waals surface area contributed by atoms with E-state index in [1.165, 1.54) is 37.6 Å². The smallest absolute Gasteiger partial charge is 0.272 e. The van der Waals surface area contributed by atoms with Crippen LogP contribution < -0.4 is 5.32 Å². The van der Waals surface area contributed by atoms with E-state index in [9.17, 15) is 4.79 Å². The molecule has 27 heavy (non-hydrogen) atoms. The van der Waals surface area contributed by atoms with E-state index < -0.39 is 0 Å². The highest BCUT2D eigenvalue weighted by Gasteiger charge is 2.25. The molecule has 2 aliphatic rings. The van der Waals surface area contributed by atoms with Gasteiger partial charge < -0.3 is 10.2 Å². The fourth-order valence-corrected chi connectivity index (χ4v) is 4.28. The van der Waals surface area contributed by atoms with Crippen LogP contribution in [0, 0.1) is 5.92 Å². The van der Waals surface area contributed by atoms with E-state index in [4.69, 9.17) is 0 Å². The van der Waals surface area contributed by atoms with Crippen molar-refractivity contribution >= 4 is 11.7 Å². The Morgan fingerprint density at radius 3 is 2.52 bits per heavy atom. The van der Waals surface area contributed by atoms with Crippen LogP contribution in [0.4, 0.5) is 5.82 Å². The maximum Gasteiger partial charge on any atom is 0.272 e. The third-order valence-corrected chi connectivity index (χ3v) is 5.86. The van der Waals surface area contributed by atoms with E-state index in [2.05, 4.69) is 45.6 Å². The molecule has 2 heterocycles. The maximum absolute atomic E-state index is 12.9. The van der Waals surface area contributed by atoms with E-state index in [0.717, 1.165) is 38.2 Å². The summed E-state index contributed by atoms with van der Waals surface area (Å²) < 4.78 is 0. The van der Waals surface area contributed by atoms with Crippen LogP contribution in [0.3, 0.4) is 0 Å². The highest BCUT2D eigenvalue weighted by atomic mass is 16.2. The third kappa shape index (κ3) is 4.65. The van der Waals surface area contributed by atoms with Crippen molar-refractivity contribution in [1.82, 2.24) is 14.9 Å². The minimum Gasteiger partial charge on any atom is -0.367 e. The summed E-state index contributed by atoms with van der Waals surface area (Å²) in [4.78, 5) is 23.3. The quantitative estimate of drug-likeness (QED) is 0.873. The molecule has 5 nitrogen and oxygen atoms in total. The summed E-state index contributed by atoms with van der Waals surface area (Å²) in [6, 6.07) is 12.9. The molecule has 1 amide bonds. The molecule has 1 aromatic heterocycles.